The van der Waals surface area contributed by atoms with Crippen LogP contribution in [0.1, 0.15) is 13.3 Å². The Bertz CT molecular complexity index is 223. The van der Waals surface area contributed by atoms with Gasteiger partial charge in [0.2, 0.25) is 0 Å². The molecule has 13 heavy (non-hydrogen) atoms. The minimum atomic E-state index is -2.60. The molecule has 0 radical (unpaired) electrons. The second kappa shape index (κ2) is 4.93. The molecule has 2 saturated heterocycles. The van der Waals surface area contributed by atoms with Crippen molar-refractivity contribution in [3.05, 3.63) is 0 Å². The van der Waals surface area contributed by atoms with Crippen molar-refractivity contribution in [3.63, 3.8) is 0 Å². The Balaban J connectivity index is 0.000000145. The zero-order valence-corrected chi connectivity index (χ0v) is 8.68. The van der Waals surface area contributed by atoms with E-state index in [0.29, 0.717) is 24.2 Å². The molecule has 1 unspecified atom stereocenters. The molecular weight excluding hydrogens is 192 g/mol. The molecule has 0 N–H and O–H groups in total. The summed E-state index contributed by atoms with van der Waals surface area (Å²) in [6, 6.07) is 0. The van der Waals surface area contributed by atoms with Gasteiger partial charge < -0.3 is 9.47 Å². The predicted octanol–water partition coefficient (Wildman–Crippen LogP) is 0.432. The average molecular weight is 208 g/mol. The molecule has 0 bridgehead atoms. The van der Waals surface area contributed by atoms with Gasteiger partial charge in [-0.25, -0.2) is 8.42 Å². The Hall–Kier alpha value is -0.130. The van der Waals surface area contributed by atoms with Crippen molar-refractivity contribution in [1.82, 2.24) is 0 Å². The van der Waals surface area contributed by atoms with Crippen molar-refractivity contribution < 1.29 is 17.9 Å². The number of hydrogen-bond donors (Lipinski definition) is 0. The lowest BCUT2D eigenvalue weighted by molar-refractivity contribution is 0.0692. The lowest BCUT2D eigenvalue weighted by atomic mass is 10.2. The van der Waals surface area contributed by atoms with Crippen LogP contribution in [0.2, 0.25) is 0 Å². The molecule has 2 fully saturated rings. The molecule has 0 aliphatic carbocycles. The van der Waals surface area contributed by atoms with E-state index in [1.807, 2.05) is 6.92 Å². The highest BCUT2D eigenvalue weighted by molar-refractivity contribution is 7.91. The standard InChI is InChI=1S/C5H10O2S.C3H6O2/c1-5-2-3-8(6,7)4-5;1-2-5-3-4-1/h5H,2-4H2,1H3;1-3H2. The van der Waals surface area contributed by atoms with Gasteiger partial charge in [0.1, 0.15) is 6.79 Å². The van der Waals surface area contributed by atoms with Crippen LogP contribution in [0.3, 0.4) is 0 Å². The highest BCUT2D eigenvalue weighted by atomic mass is 32.2. The van der Waals surface area contributed by atoms with Crippen LogP contribution >= 0.6 is 0 Å². The van der Waals surface area contributed by atoms with Gasteiger partial charge in [0, 0.05) is 0 Å². The van der Waals surface area contributed by atoms with Gasteiger partial charge in [-0.1, -0.05) is 6.92 Å². The number of ether oxygens (including phenoxy) is 2. The Morgan fingerprint density at radius 1 is 1.23 bits per heavy atom. The summed E-state index contributed by atoms with van der Waals surface area (Å²) in [5.74, 6) is 1.22. The van der Waals surface area contributed by atoms with Crippen LogP contribution in [0.4, 0.5) is 0 Å². The van der Waals surface area contributed by atoms with E-state index in [9.17, 15) is 8.42 Å². The second-order valence-corrected chi connectivity index (χ2v) is 5.67. The summed E-state index contributed by atoms with van der Waals surface area (Å²) in [7, 11) is -2.60. The van der Waals surface area contributed by atoms with E-state index < -0.39 is 9.84 Å². The van der Waals surface area contributed by atoms with E-state index in [1.165, 1.54) is 0 Å². The molecule has 0 amide bonds. The molecule has 0 aromatic heterocycles. The molecule has 2 heterocycles. The normalized spacial score (nSPS) is 31.0. The first-order valence-corrected chi connectivity index (χ1v) is 6.28. The van der Waals surface area contributed by atoms with Crippen LogP contribution in [0, 0.1) is 5.92 Å². The number of rotatable bonds is 0. The Morgan fingerprint density at radius 2 is 1.85 bits per heavy atom. The second-order valence-electron chi connectivity index (χ2n) is 3.44. The molecule has 2 rings (SSSR count). The quantitative estimate of drug-likeness (QED) is 0.579. The van der Waals surface area contributed by atoms with Gasteiger partial charge in [-0.3, -0.25) is 0 Å². The van der Waals surface area contributed by atoms with Gasteiger partial charge in [-0.2, -0.15) is 0 Å². The van der Waals surface area contributed by atoms with Crippen LogP contribution in [0.5, 0.6) is 0 Å². The third-order valence-electron chi connectivity index (χ3n) is 2.00. The SMILES string of the molecule is C1COCO1.CC1CCS(=O)(=O)C1. The first kappa shape index (κ1) is 10.9. The largest absolute Gasteiger partial charge is 0.353 e. The van der Waals surface area contributed by atoms with E-state index in [0.717, 1.165) is 19.6 Å². The van der Waals surface area contributed by atoms with Crippen molar-refractivity contribution in [2.24, 2.45) is 5.92 Å². The first-order chi connectivity index (χ1) is 6.10. The van der Waals surface area contributed by atoms with Crippen LogP contribution in [0.15, 0.2) is 0 Å². The van der Waals surface area contributed by atoms with Crippen LogP contribution in [0.25, 0.3) is 0 Å². The lowest BCUT2D eigenvalue weighted by Gasteiger charge is -1.90. The first-order valence-electron chi connectivity index (χ1n) is 4.46. The fraction of sp³-hybridized carbons (Fsp3) is 1.00. The van der Waals surface area contributed by atoms with Crippen molar-refractivity contribution in [2.75, 3.05) is 31.5 Å². The topological polar surface area (TPSA) is 52.6 Å². The van der Waals surface area contributed by atoms with Crippen molar-refractivity contribution in [3.8, 4) is 0 Å². The molecular formula is C8H16O4S. The molecule has 4 nitrogen and oxygen atoms in total. The minimum absolute atomic E-state index is 0.403. The fourth-order valence-electron chi connectivity index (χ4n) is 1.28. The maximum Gasteiger partial charge on any atom is 0.150 e. The number of hydrogen-bond acceptors (Lipinski definition) is 4. The third-order valence-corrected chi connectivity index (χ3v) is 3.93. The molecule has 78 valence electrons. The summed E-state index contributed by atoms with van der Waals surface area (Å²) in [5, 5.41) is 0. The summed E-state index contributed by atoms with van der Waals surface area (Å²) in [6.45, 7) is 4.03. The minimum Gasteiger partial charge on any atom is -0.353 e. The maximum absolute atomic E-state index is 10.6. The van der Waals surface area contributed by atoms with E-state index >= 15 is 0 Å². The smallest absolute Gasteiger partial charge is 0.150 e. The molecule has 1 atom stereocenters. The van der Waals surface area contributed by atoms with Crippen LogP contribution in [-0.2, 0) is 19.3 Å². The van der Waals surface area contributed by atoms with Gasteiger partial charge in [-0.05, 0) is 12.3 Å². The van der Waals surface area contributed by atoms with E-state index in [-0.39, 0.29) is 0 Å². The zero-order chi connectivity index (χ0) is 9.73. The summed E-state index contributed by atoms with van der Waals surface area (Å²) >= 11 is 0. The van der Waals surface area contributed by atoms with Gasteiger partial charge in [0.15, 0.2) is 9.84 Å². The molecule has 0 spiro atoms. The molecule has 2 aliphatic rings. The Labute approximate surface area is 79.1 Å². The summed E-state index contributed by atoms with van der Waals surface area (Å²) in [6.07, 6.45) is 0.863. The lowest BCUT2D eigenvalue weighted by Crippen LogP contribution is -2.01. The van der Waals surface area contributed by atoms with E-state index in [2.05, 4.69) is 0 Å². The van der Waals surface area contributed by atoms with Gasteiger partial charge in [0.05, 0.1) is 24.7 Å². The maximum atomic E-state index is 10.6. The highest BCUT2D eigenvalue weighted by Crippen LogP contribution is 2.16. The van der Waals surface area contributed by atoms with Gasteiger partial charge in [0.25, 0.3) is 0 Å². The van der Waals surface area contributed by atoms with Crippen LogP contribution in [-0.4, -0.2) is 39.9 Å². The molecule has 0 aromatic carbocycles. The average Bonchev–Trinajstić information content (AvgIpc) is 2.62. The molecule has 0 aromatic rings. The zero-order valence-electron chi connectivity index (χ0n) is 7.86. The number of sulfone groups is 1. The summed E-state index contributed by atoms with van der Waals surface area (Å²) < 4.78 is 30.7. The molecule has 0 saturated carbocycles. The molecule has 5 heteroatoms. The van der Waals surface area contributed by atoms with Crippen molar-refractivity contribution >= 4 is 9.84 Å². The van der Waals surface area contributed by atoms with E-state index in [1.54, 1.807) is 0 Å². The predicted molar refractivity (Wildman–Crippen MR) is 49.2 cm³/mol. The van der Waals surface area contributed by atoms with E-state index in [4.69, 9.17) is 9.47 Å². The highest BCUT2D eigenvalue weighted by Gasteiger charge is 2.23. The molecule has 2 aliphatic heterocycles. The van der Waals surface area contributed by atoms with Gasteiger partial charge in [-0.15, -0.1) is 0 Å². The third kappa shape index (κ3) is 4.59. The van der Waals surface area contributed by atoms with Gasteiger partial charge >= 0.3 is 0 Å². The monoisotopic (exact) mass is 208 g/mol. The fourth-order valence-corrected chi connectivity index (χ4v) is 3.24. The Kier molecular flexibility index (Phi) is 4.15. The van der Waals surface area contributed by atoms with Crippen molar-refractivity contribution in [2.45, 2.75) is 13.3 Å². The van der Waals surface area contributed by atoms with Crippen molar-refractivity contribution in [1.29, 1.82) is 0 Å². The summed E-state index contributed by atoms with van der Waals surface area (Å²) in [5.41, 5.74) is 0. The van der Waals surface area contributed by atoms with Crippen LogP contribution < -0.4 is 0 Å². The summed E-state index contributed by atoms with van der Waals surface area (Å²) in [4.78, 5) is 0. The Morgan fingerprint density at radius 3 is 2.00 bits per heavy atom.